The second-order valence-electron chi connectivity index (χ2n) is 8.58. The van der Waals surface area contributed by atoms with E-state index in [1.54, 1.807) is 10.8 Å². The van der Waals surface area contributed by atoms with Gasteiger partial charge in [0, 0.05) is 43.7 Å². The van der Waals surface area contributed by atoms with Gasteiger partial charge in [0.25, 0.3) is 0 Å². The number of carbonyl (C=O) groups excluding carboxylic acids is 2. The molecule has 1 aromatic rings. The SMILES string of the molecule is CC.CC/C(=C\c1nc(C2=CC=C(Br)C2)nn1C(C)N)C(=O)N1CCCC(C(=O)N(CC)CC)C1. The molecule has 0 bridgehead atoms. The van der Waals surface area contributed by atoms with Gasteiger partial charge in [0.2, 0.25) is 11.8 Å². The van der Waals surface area contributed by atoms with Crippen molar-refractivity contribution in [1.29, 1.82) is 0 Å². The molecule has 0 radical (unpaired) electrons. The first-order valence-electron chi connectivity index (χ1n) is 12.8. The Balaban J connectivity index is 0.00000210. The molecule has 0 spiro atoms. The average Bonchev–Trinajstić information content (AvgIpc) is 3.50. The Labute approximate surface area is 218 Å². The maximum absolute atomic E-state index is 13.4. The minimum Gasteiger partial charge on any atom is -0.343 e. The summed E-state index contributed by atoms with van der Waals surface area (Å²) >= 11 is 3.51. The Bertz CT molecular complexity index is 974. The van der Waals surface area contributed by atoms with Gasteiger partial charge in [-0.15, -0.1) is 5.10 Å². The molecule has 1 fully saturated rings. The molecule has 1 aromatic heterocycles. The third-order valence-electron chi connectivity index (χ3n) is 6.25. The summed E-state index contributed by atoms with van der Waals surface area (Å²) in [5.41, 5.74) is 7.80. The molecule has 1 aliphatic heterocycles. The lowest BCUT2D eigenvalue weighted by atomic mass is 9.95. The van der Waals surface area contributed by atoms with E-state index in [9.17, 15) is 9.59 Å². The zero-order chi connectivity index (χ0) is 26.1. The Morgan fingerprint density at radius 1 is 1.26 bits per heavy atom. The normalized spacial score (nSPS) is 18.9. The molecule has 2 heterocycles. The van der Waals surface area contributed by atoms with Gasteiger partial charge in [-0.25, -0.2) is 9.67 Å². The summed E-state index contributed by atoms with van der Waals surface area (Å²) in [7, 11) is 0. The number of aromatic nitrogens is 3. The van der Waals surface area contributed by atoms with Crippen LogP contribution in [0.1, 0.15) is 85.0 Å². The van der Waals surface area contributed by atoms with Crippen molar-refractivity contribution in [2.45, 2.75) is 73.4 Å². The van der Waals surface area contributed by atoms with E-state index in [4.69, 9.17) is 10.7 Å². The van der Waals surface area contributed by atoms with E-state index in [1.807, 2.05) is 63.5 Å². The molecule has 1 saturated heterocycles. The van der Waals surface area contributed by atoms with Gasteiger partial charge < -0.3 is 15.5 Å². The summed E-state index contributed by atoms with van der Waals surface area (Å²) in [5.74, 6) is 1.16. The van der Waals surface area contributed by atoms with Gasteiger partial charge in [-0.05, 0) is 50.6 Å². The predicted molar refractivity (Wildman–Crippen MR) is 145 cm³/mol. The number of amides is 2. The van der Waals surface area contributed by atoms with E-state index >= 15 is 0 Å². The Morgan fingerprint density at radius 2 is 1.94 bits per heavy atom. The topological polar surface area (TPSA) is 97.4 Å². The number of allylic oxidation sites excluding steroid dienone is 4. The van der Waals surface area contributed by atoms with Gasteiger partial charge in [-0.3, -0.25) is 9.59 Å². The highest BCUT2D eigenvalue weighted by atomic mass is 79.9. The third-order valence-corrected chi connectivity index (χ3v) is 6.79. The Hall–Kier alpha value is -2.26. The smallest absolute Gasteiger partial charge is 0.249 e. The summed E-state index contributed by atoms with van der Waals surface area (Å²) in [6.45, 7) is 14.3. The molecule has 194 valence electrons. The highest BCUT2D eigenvalue weighted by Gasteiger charge is 2.31. The lowest BCUT2D eigenvalue weighted by molar-refractivity contribution is -0.139. The van der Waals surface area contributed by atoms with E-state index in [1.165, 1.54) is 0 Å². The van der Waals surface area contributed by atoms with Crippen molar-refractivity contribution in [3.63, 3.8) is 0 Å². The van der Waals surface area contributed by atoms with Crippen LogP contribution >= 0.6 is 15.9 Å². The number of nitrogens with two attached hydrogens (primary N) is 1. The van der Waals surface area contributed by atoms with Gasteiger partial charge in [-0.1, -0.05) is 48.9 Å². The highest BCUT2D eigenvalue weighted by Crippen LogP contribution is 2.30. The molecular formula is C26H41BrN6O2. The van der Waals surface area contributed by atoms with Crippen LogP contribution in [0.5, 0.6) is 0 Å². The van der Waals surface area contributed by atoms with Crippen LogP contribution in [0.25, 0.3) is 11.6 Å². The van der Waals surface area contributed by atoms with Crippen LogP contribution in [0, 0.1) is 5.92 Å². The lowest BCUT2D eigenvalue weighted by Crippen LogP contribution is -2.47. The van der Waals surface area contributed by atoms with Crippen molar-refractivity contribution in [3.05, 3.63) is 33.9 Å². The first kappa shape index (κ1) is 29.0. The zero-order valence-corrected chi connectivity index (χ0v) is 23.6. The van der Waals surface area contributed by atoms with Crippen molar-refractivity contribution < 1.29 is 9.59 Å². The van der Waals surface area contributed by atoms with E-state index in [0.29, 0.717) is 49.8 Å². The molecule has 9 heteroatoms. The minimum atomic E-state index is -0.379. The summed E-state index contributed by atoms with van der Waals surface area (Å²) in [6, 6.07) is 0. The standard InChI is InChI=1S/C24H35BrN6O2.C2H6/c1-5-17(23(32)30-12-8-9-19(15-30)24(33)29(6-2)7-3)14-21-27-22(28-31(21)16(4)26)18-10-11-20(25)13-18;1-2/h10-11,14,16,19H,5-9,12-13,15,26H2,1-4H3;1-2H3/b17-14+;. The Kier molecular flexibility index (Phi) is 11.4. The third kappa shape index (κ3) is 7.13. The predicted octanol–water partition coefficient (Wildman–Crippen LogP) is 4.75. The van der Waals surface area contributed by atoms with Crippen molar-refractivity contribution in [2.24, 2.45) is 11.7 Å². The first-order chi connectivity index (χ1) is 16.8. The number of likely N-dealkylation sites (tertiary alicyclic amines) is 1. The molecule has 1 aliphatic carbocycles. The van der Waals surface area contributed by atoms with E-state index in [2.05, 4.69) is 21.0 Å². The minimum absolute atomic E-state index is 0.0418. The van der Waals surface area contributed by atoms with Gasteiger partial charge in [-0.2, -0.15) is 0 Å². The summed E-state index contributed by atoms with van der Waals surface area (Å²) < 4.78 is 2.74. The van der Waals surface area contributed by atoms with Crippen molar-refractivity contribution in [1.82, 2.24) is 24.6 Å². The lowest BCUT2D eigenvalue weighted by Gasteiger charge is -2.35. The second kappa shape index (κ2) is 13.7. The second-order valence-corrected chi connectivity index (χ2v) is 9.60. The van der Waals surface area contributed by atoms with Crippen LogP contribution in [0.2, 0.25) is 0 Å². The van der Waals surface area contributed by atoms with Gasteiger partial charge >= 0.3 is 0 Å². The fourth-order valence-electron chi connectivity index (χ4n) is 4.34. The Morgan fingerprint density at radius 3 is 2.49 bits per heavy atom. The van der Waals surface area contributed by atoms with E-state index in [0.717, 1.165) is 29.3 Å². The van der Waals surface area contributed by atoms with Crippen LogP contribution in [-0.4, -0.2) is 62.6 Å². The van der Waals surface area contributed by atoms with E-state index in [-0.39, 0.29) is 23.9 Å². The van der Waals surface area contributed by atoms with Crippen LogP contribution in [0.15, 0.2) is 22.2 Å². The maximum Gasteiger partial charge on any atom is 0.249 e. The number of hydrogen-bond acceptors (Lipinski definition) is 5. The molecule has 3 rings (SSSR count). The summed E-state index contributed by atoms with van der Waals surface area (Å²) in [5, 5.41) is 4.60. The number of halogens is 1. The number of carbonyl (C=O) groups is 2. The molecule has 0 saturated carbocycles. The molecule has 2 amide bonds. The summed E-state index contributed by atoms with van der Waals surface area (Å²) in [6.07, 6.45) is 8.35. The van der Waals surface area contributed by atoms with Crippen molar-refractivity contribution in [2.75, 3.05) is 26.2 Å². The molecule has 0 aromatic carbocycles. The van der Waals surface area contributed by atoms with Crippen LogP contribution < -0.4 is 5.73 Å². The van der Waals surface area contributed by atoms with Gasteiger partial charge in [0.05, 0.1) is 12.1 Å². The number of hydrogen-bond donors (Lipinski definition) is 1. The quantitative estimate of drug-likeness (QED) is 0.472. The molecule has 2 unspecified atom stereocenters. The molecular weight excluding hydrogens is 508 g/mol. The maximum atomic E-state index is 13.4. The van der Waals surface area contributed by atoms with Crippen LogP contribution in [0.4, 0.5) is 0 Å². The molecule has 2 aliphatic rings. The summed E-state index contributed by atoms with van der Waals surface area (Å²) in [4.78, 5) is 34.6. The van der Waals surface area contributed by atoms with Crippen LogP contribution in [-0.2, 0) is 9.59 Å². The largest absolute Gasteiger partial charge is 0.343 e. The molecule has 2 N–H and O–H groups in total. The number of rotatable bonds is 8. The number of piperidine rings is 1. The molecule has 8 nitrogen and oxygen atoms in total. The number of nitrogens with zero attached hydrogens (tertiary/aromatic N) is 5. The monoisotopic (exact) mass is 548 g/mol. The van der Waals surface area contributed by atoms with Crippen molar-refractivity contribution >= 4 is 39.4 Å². The average molecular weight is 550 g/mol. The van der Waals surface area contributed by atoms with Crippen molar-refractivity contribution in [3.8, 4) is 0 Å². The fourth-order valence-corrected chi connectivity index (χ4v) is 4.78. The van der Waals surface area contributed by atoms with Crippen LogP contribution in [0.3, 0.4) is 0 Å². The fraction of sp³-hybridized carbons (Fsp3) is 0.615. The van der Waals surface area contributed by atoms with Gasteiger partial charge in [0.15, 0.2) is 11.6 Å². The molecule has 2 atom stereocenters. The van der Waals surface area contributed by atoms with E-state index < -0.39 is 0 Å². The highest BCUT2D eigenvalue weighted by molar-refractivity contribution is 9.11. The zero-order valence-electron chi connectivity index (χ0n) is 22.1. The van der Waals surface area contributed by atoms with Gasteiger partial charge in [0.1, 0.15) is 0 Å². The molecule has 35 heavy (non-hydrogen) atoms. The first-order valence-corrected chi connectivity index (χ1v) is 13.6.